The first kappa shape index (κ1) is 18.9. The summed E-state index contributed by atoms with van der Waals surface area (Å²) in [7, 11) is -3.46. The second kappa shape index (κ2) is 8.62. The summed E-state index contributed by atoms with van der Waals surface area (Å²) in [5, 5.41) is 2.71. The zero-order valence-corrected chi connectivity index (χ0v) is 14.7. The molecule has 0 aliphatic rings. The number of ether oxygens (including phenoxy) is 1. The average molecular weight is 365 g/mol. The molecule has 0 saturated heterocycles. The van der Waals surface area contributed by atoms with Crippen LogP contribution in [0, 0.1) is 5.82 Å². The Labute approximate surface area is 146 Å². The number of unbranched alkanes of at least 4 members (excludes halogenated alkanes) is 1. The summed E-state index contributed by atoms with van der Waals surface area (Å²) in [5.41, 5.74) is 0.146. The predicted octanol–water partition coefficient (Wildman–Crippen LogP) is 2.82. The van der Waals surface area contributed by atoms with E-state index in [0.717, 1.165) is 6.26 Å². The lowest BCUT2D eigenvalue weighted by Gasteiger charge is -2.09. The fourth-order valence-electron chi connectivity index (χ4n) is 2.22. The number of carbonyl (C=O) groups excluding carboxylic acids is 1. The molecule has 0 unspecified atom stereocenters. The number of sulfone groups is 1. The Balaban J connectivity index is 1.75. The molecule has 0 aromatic heterocycles. The molecule has 7 heteroatoms. The van der Waals surface area contributed by atoms with Crippen LogP contribution in [-0.2, 0) is 9.84 Å². The molecule has 1 N–H and O–H groups in total. The van der Waals surface area contributed by atoms with Crippen molar-refractivity contribution < 1.29 is 22.3 Å². The molecule has 0 fully saturated rings. The SMILES string of the molecule is CS(=O)(=O)c1ccccc1C(=O)NCCCCOc1ccc(F)cc1. The van der Waals surface area contributed by atoms with E-state index in [2.05, 4.69) is 5.32 Å². The van der Waals surface area contributed by atoms with Crippen LogP contribution >= 0.6 is 0 Å². The number of amides is 1. The topological polar surface area (TPSA) is 72.5 Å². The second-order valence-corrected chi connectivity index (χ2v) is 7.52. The number of halogens is 1. The summed E-state index contributed by atoms with van der Waals surface area (Å²) in [4.78, 5) is 12.2. The van der Waals surface area contributed by atoms with Gasteiger partial charge in [0.1, 0.15) is 11.6 Å². The normalized spacial score (nSPS) is 11.1. The first-order chi connectivity index (χ1) is 11.9. The van der Waals surface area contributed by atoms with E-state index in [4.69, 9.17) is 4.74 Å². The molecular formula is C18H20FNO4S. The fourth-order valence-corrected chi connectivity index (χ4v) is 3.11. The van der Waals surface area contributed by atoms with Crippen molar-refractivity contribution >= 4 is 15.7 Å². The second-order valence-electron chi connectivity index (χ2n) is 5.53. The van der Waals surface area contributed by atoms with E-state index in [-0.39, 0.29) is 16.3 Å². The third kappa shape index (κ3) is 5.86. The molecule has 0 aliphatic heterocycles. The van der Waals surface area contributed by atoms with Gasteiger partial charge in [0, 0.05) is 12.8 Å². The van der Waals surface area contributed by atoms with Crippen molar-refractivity contribution in [3.05, 3.63) is 59.9 Å². The van der Waals surface area contributed by atoms with Gasteiger partial charge in [-0.15, -0.1) is 0 Å². The van der Waals surface area contributed by atoms with Crippen LogP contribution in [0.15, 0.2) is 53.4 Å². The molecule has 134 valence electrons. The largest absolute Gasteiger partial charge is 0.494 e. The van der Waals surface area contributed by atoms with Crippen molar-refractivity contribution in [2.45, 2.75) is 17.7 Å². The summed E-state index contributed by atoms with van der Waals surface area (Å²) < 4.78 is 41.6. The molecule has 0 saturated carbocycles. The summed E-state index contributed by atoms with van der Waals surface area (Å²) in [5.74, 6) is -0.141. The van der Waals surface area contributed by atoms with Crippen LogP contribution in [-0.4, -0.2) is 33.7 Å². The van der Waals surface area contributed by atoms with E-state index in [9.17, 15) is 17.6 Å². The van der Waals surface area contributed by atoms with Gasteiger partial charge in [0.15, 0.2) is 9.84 Å². The van der Waals surface area contributed by atoms with Crippen LogP contribution < -0.4 is 10.1 Å². The Kier molecular flexibility index (Phi) is 6.52. The van der Waals surface area contributed by atoms with Gasteiger partial charge in [0.05, 0.1) is 17.1 Å². The van der Waals surface area contributed by atoms with Gasteiger partial charge in [-0.3, -0.25) is 4.79 Å². The minimum absolute atomic E-state index is 0.0205. The number of carbonyl (C=O) groups is 1. The quantitative estimate of drug-likeness (QED) is 0.730. The van der Waals surface area contributed by atoms with E-state index < -0.39 is 15.7 Å². The maximum absolute atomic E-state index is 12.8. The molecule has 2 aromatic carbocycles. The van der Waals surface area contributed by atoms with E-state index in [1.807, 2.05) is 0 Å². The number of nitrogens with one attached hydrogen (secondary N) is 1. The maximum Gasteiger partial charge on any atom is 0.252 e. The summed E-state index contributed by atoms with van der Waals surface area (Å²) in [6.07, 6.45) is 2.45. The molecule has 0 radical (unpaired) electrons. The van der Waals surface area contributed by atoms with Crippen molar-refractivity contribution in [1.82, 2.24) is 5.32 Å². The van der Waals surface area contributed by atoms with Gasteiger partial charge in [-0.25, -0.2) is 12.8 Å². The summed E-state index contributed by atoms with van der Waals surface area (Å²) in [6, 6.07) is 11.9. The molecule has 0 aliphatic carbocycles. The Morgan fingerprint density at radius 1 is 1.08 bits per heavy atom. The average Bonchev–Trinajstić information content (AvgIpc) is 2.58. The maximum atomic E-state index is 12.8. The van der Waals surface area contributed by atoms with E-state index in [0.29, 0.717) is 31.7 Å². The Hall–Kier alpha value is -2.41. The van der Waals surface area contributed by atoms with Gasteiger partial charge < -0.3 is 10.1 Å². The highest BCUT2D eigenvalue weighted by Crippen LogP contribution is 2.15. The lowest BCUT2D eigenvalue weighted by molar-refractivity contribution is 0.0949. The first-order valence-electron chi connectivity index (χ1n) is 7.83. The minimum atomic E-state index is -3.46. The van der Waals surface area contributed by atoms with Crippen LogP contribution in [0.1, 0.15) is 23.2 Å². The third-order valence-corrected chi connectivity index (χ3v) is 4.63. The fraction of sp³-hybridized carbons (Fsp3) is 0.278. The number of rotatable bonds is 8. The summed E-state index contributed by atoms with van der Waals surface area (Å²) in [6.45, 7) is 0.852. The standard InChI is InChI=1S/C18H20FNO4S/c1-25(22,23)17-7-3-2-6-16(17)18(21)20-12-4-5-13-24-15-10-8-14(19)9-11-15/h2-3,6-11H,4-5,12-13H2,1H3,(H,20,21). The van der Waals surface area contributed by atoms with E-state index in [1.165, 1.54) is 24.3 Å². The van der Waals surface area contributed by atoms with Crippen molar-refractivity contribution in [1.29, 1.82) is 0 Å². The van der Waals surface area contributed by atoms with Gasteiger partial charge in [-0.2, -0.15) is 0 Å². The van der Waals surface area contributed by atoms with Crippen molar-refractivity contribution in [2.75, 3.05) is 19.4 Å². The van der Waals surface area contributed by atoms with Crippen molar-refractivity contribution in [3.63, 3.8) is 0 Å². The monoisotopic (exact) mass is 365 g/mol. The van der Waals surface area contributed by atoms with Gasteiger partial charge in [0.2, 0.25) is 0 Å². The summed E-state index contributed by atoms with van der Waals surface area (Å²) >= 11 is 0. The van der Waals surface area contributed by atoms with Crippen LogP contribution in [0.2, 0.25) is 0 Å². The van der Waals surface area contributed by atoms with Crippen LogP contribution in [0.4, 0.5) is 4.39 Å². The molecule has 2 aromatic rings. The molecular weight excluding hydrogens is 345 g/mol. The molecule has 0 heterocycles. The smallest absolute Gasteiger partial charge is 0.252 e. The van der Waals surface area contributed by atoms with Crippen LogP contribution in [0.3, 0.4) is 0 Å². The zero-order chi connectivity index (χ0) is 18.3. The van der Waals surface area contributed by atoms with Crippen molar-refractivity contribution in [3.8, 4) is 5.75 Å². The first-order valence-corrected chi connectivity index (χ1v) is 9.73. The van der Waals surface area contributed by atoms with Gasteiger partial charge in [-0.05, 0) is 49.2 Å². The molecule has 0 spiro atoms. The zero-order valence-electron chi connectivity index (χ0n) is 13.9. The van der Waals surface area contributed by atoms with E-state index in [1.54, 1.807) is 24.3 Å². The predicted molar refractivity (Wildman–Crippen MR) is 93.0 cm³/mol. The number of benzene rings is 2. The van der Waals surface area contributed by atoms with Gasteiger partial charge in [0.25, 0.3) is 5.91 Å². The minimum Gasteiger partial charge on any atom is -0.494 e. The Bertz CT molecular complexity index is 819. The van der Waals surface area contributed by atoms with Gasteiger partial charge >= 0.3 is 0 Å². The lowest BCUT2D eigenvalue weighted by Crippen LogP contribution is -2.26. The third-order valence-electron chi connectivity index (χ3n) is 3.47. The highest BCUT2D eigenvalue weighted by Gasteiger charge is 2.17. The van der Waals surface area contributed by atoms with Gasteiger partial charge in [-0.1, -0.05) is 12.1 Å². The molecule has 0 atom stereocenters. The Morgan fingerprint density at radius 2 is 1.76 bits per heavy atom. The van der Waals surface area contributed by atoms with Crippen LogP contribution in [0.25, 0.3) is 0 Å². The molecule has 0 bridgehead atoms. The molecule has 5 nitrogen and oxygen atoms in total. The highest BCUT2D eigenvalue weighted by molar-refractivity contribution is 7.90. The molecule has 2 rings (SSSR count). The lowest BCUT2D eigenvalue weighted by atomic mass is 10.2. The number of hydrogen-bond donors (Lipinski definition) is 1. The molecule has 25 heavy (non-hydrogen) atoms. The van der Waals surface area contributed by atoms with Crippen molar-refractivity contribution in [2.24, 2.45) is 0 Å². The van der Waals surface area contributed by atoms with E-state index >= 15 is 0 Å². The molecule has 1 amide bonds. The highest BCUT2D eigenvalue weighted by atomic mass is 32.2. The number of hydrogen-bond acceptors (Lipinski definition) is 4. The van der Waals surface area contributed by atoms with Crippen LogP contribution in [0.5, 0.6) is 5.75 Å². The Morgan fingerprint density at radius 3 is 2.44 bits per heavy atom.